The van der Waals surface area contributed by atoms with E-state index in [0.717, 1.165) is 42.8 Å². The molecule has 180 valence electrons. The van der Waals surface area contributed by atoms with Crippen LogP contribution < -0.4 is 0 Å². The number of carbonyl (C=O) groups excluding carboxylic acids is 2. The number of nitrogens with zero attached hydrogens (tertiary/aromatic N) is 3. The number of hydrogen-bond donors (Lipinski definition) is 0. The van der Waals surface area contributed by atoms with Gasteiger partial charge >= 0.3 is 5.97 Å². The Balaban J connectivity index is 1.62. The first-order valence-corrected chi connectivity index (χ1v) is 12.7. The standard InChI is InChI=1S/C27H26FN3O3S/c1-2-34-26(33)23-24(18-8-4-3-5-9-18)29-27-31(25(23)19-10-12-20(28)13-11-19)21(17-35-27)16-22(32)30-14-6-7-15-30/h3-5,8-13,17,25H,2,6-7,14-16H2,1H3. The zero-order valence-electron chi connectivity index (χ0n) is 19.4. The topological polar surface area (TPSA) is 62.2 Å². The second-order valence-corrected chi connectivity index (χ2v) is 9.40. The highest BCUT2D eigenvalue weighted by atomic mass is 32.2. The highest BCUT2D eigenvalue weighted by Gasteiger charge is 2.42. The Kier molecular flexibility index (Phi) is 6.72. The van der Waals surface area contributed by atoms with Crippen molar-refractivity contribution >= 4 is 34.5 Å². The summed E-state index contributed by atoms with van der Waals surface area (Å²) in [7, 11) is 0. The van der Waals surface area contributed by atoms with Gasteiger partial charge in [0, 0.05) is 24.4 Å². The zero-order valence-corrected chi connectivity index (χ0v) is 20.3. The Morgan fingerprint density at radius 1 is 1.09 bits per heavy atom. The molecule has 0 radical (unpaired) electrons. The second kappa shape index (κ2) is 10.1. The van der Waals surface area contributed by atoms with Crippen LogP contribution in [0.4, 0.5) is 4.39 Å². The number of hydrogen-bond acceptors (Lipinski definition) is 6. The molecule has 0 aromatic heterocycles. The summed E-state index contributed by atoms with van der Waals surface area (Å²) in [5, 5.41) is 2.61. The lowest BCUT2D eigenvalue weighted by Gasteiger charge is -2.37. The molecular weight excluding hydrogens is 465 g/mol. The normalized spacial score (nSPS) is 19.4. The number of rotatable bonds is 6. The summed E-state index contributed by atoms with van der Waals surface area (Å²) in [5.41, 5.74) is 3.18. The molecule has 0 N–H and O–H groups in total. The summed E-state index contributed by atoms with van der Waals surface area (Å²) < 4.78 is 19.3. The van der Waals surface area contributed by atoms with Crippen molar-refractivity contribution in [3.05, 3.63) is 88.2 Å². The van der Waals surface area contributed by atoms with E-state index in [9.17, 15) is 14.0 Å². The van der Waals surface area contributed by atoms with Gasteiger partial charge < -0.3 is 14.5 Å². The minimum absolute atomic E-state index is 0.0592. The van der Waals surface area contributed by atoms with E-state index in [4.69, 9.17) is 9.73 Å². The minimum Gasteiger partial charge on any atom is -0.463 e. The number of amidine groups is 1. The largest absolute Gasteiger partial charge is 0.463 e. The van der Waals surface area contributed by atoms with Crippen molar-refractivity contribution in [3.8, 4) is 0 Å². The van der Waals surface area contributed by atoms with Crippen LogP contribution in [-0.2, 0) is 14.3 Å². The summed E-state index contributed by atoms with van der Waals surface area (Å²) in [6.45, 7) is 3.51. The van der Waals surface area contributed by atoms with Gasteiger partial charge in [-0.1, -0.05) is 54.2 Å². The van der Waals surface area contributed by atoms with Crippen molar-refractivity contribution in [1.82, 2.24) is 9.80 Å². The number of carbonyl (C=O) groups is 2. The van der Waals surface area contributed by atoms with Crippen LogP contribution in [0.15, 0.2) is 76.3 Å². The van der Waals surface area contributed by atoms with Crippen LogP contribution in [0.3, 0.4) is 0 Å². The fraction of sp³-hybridized carbons (Fsp3) is 0.296. The van der Waals surface area contributed by atoms with E-state index >= 15 is 0 Å². The first-order valence-electron chi connectivity index (χ1n) is 11.8. The number of amides is 1. The van der Waals surface area contributed by atoms with Crippen LogP contribution in [0.5, 0.6) is 0 Å². The van der Waals surface area contributed by atoms with E-state index in [1.807, 2.05) is 45.5 Å². The van der Waals surface area contributed by atoms with Gasteiger partial charge in [-0.15, -0.1) is 0 Å². The molecule has 8 heteroatoms. The molecule has 0 aliphatic carbocycles. The molecule has 3 aliphatic rings. The van der Waals surface area contributed by atoms with Gasteiger partial charge in [-0.2, -0.15) is 0 Å². The fourth-order valence-electron chi connectivity index (χ4n) is 4.68. The number of esters is 1. The van der Waals surface area contributed by atoms with Gasteiger partial charge in [-0.05, 0) is 42.9 Å². The predicted octanol–water partition coefficient (Wildman–Crippen LogP) is 5.11. The van der Waals surface area contributed by atoms with E-state index in [-0.39, 0.29) is 24.8 Å². The van der Waals surface area contributed by atoms with Crippen LogP contribution >= 0.6 is 11.8 Å². The van der Waals surface area contributed by atoms with Gasteiger partial charge in [-0.25, -0.2) is 14.2 Å². The summed E-state index contributed by atoms with van der Waals surface area (Å²) in [5.74, 6) is -0.784. The van der Waals surface area contributed by atoms with Crippen LogP contribution in [0, 0.1) is 5.82 Å². The Morgan fingerprint density at radius 3 is 2.49 bits per heavy atom. The van der Waals surface area contributed by atoms with E-state index in [0.29, 0.717) is 16.4 Å². The smallest absolute Gasteiger partial charge is 0.338 e. The van der Waals surface area contributed by atoms with Gasteiger partial charge in [0.25, 0.3) is 0 Å². The number of ether oxygens (including phenoxy) is 1. The van der Waals surface area contributed by atoms with Gasteiger partial charge in [-0.3, -0.25) is 4.79 Å². The van der Waals surface area contributed by atoms with Crippen molar-refractivity contribution in [1.29, 1.82) is 0 Å². The summed E-state index contributed by atoms with van der Waals surface area (Å²) in [6.07, 6.45) is 2.25. The quantitative estimate of drug-likeness (QED) is 0.526. The van der Waals surface area contributed by atoms with Crippen molar-refractivity contribution in [2.75, 3.05) is 19.7 Å². The van der Waals surface area contributed by atoms with E-state index in [1.165, 1.54) is 23.9 Å². The molecule has 1 unspecified atom stereocenters. The Labute approximate surface area is 208 Å². The minimum atomic E-state index is -0.606. The number of benzene rings is 2. The Bertz CT molecular complexity index is 1220. The number of halogens is 1. The van der Waals surface area contributed by atoms with Crippen molar-refractivity contribution in [3.63, 3.8) is 0 Å². The second-order valence-electron chi connectivity index (χ2n) is 8.56. The molecule has 2 aromatic carbocycles. The molecule has 6 nitrogen and oxygen atoms in total. The van der Waals surface area contributed by atoms with E-state index < -0.39 is 12.0 Å². The Hall–Kier alpha value is -3.39. The molecular formula is C27H26FN3O3S. The Morgan fingerprint density at radius 2 is 1.80 bits per heavy atom. The third-order valence-corrected chi connectivity index (χ3v) is 7.22. The molecule has 0 spiro atoms. The van der Waals surface area contributed by atoms with Crippen LogP contribution in [0.25, 0.3) is 5.70 Å². The summed E-state index contributed by atoms with van der Waals surface area (Å²) in [4.78, 5) is 35.1. The molecule has 1 atom stereocenters. The van der Waals surface area contributed by atoms with Crippen LogP contribution in [0.1, 0.15) is 43.4 Å². The third-order valence-electron chi connectivity index (χ3n) is 6.33. The predicted molar refractivity (Wildman–Crippen MR) is 135 cm³/mol. The van der Waals surface area contributed by atoms with Gasteiger partial charge in [0.15, 0.2) is 5.17 Å². The molecule has 2 aromatic rings. The zero-order chi connectivity index (χ0) is 24.4. The molecule has 35 heavy (non-hydrogen) atoms. The lowest BCUT2D eigenvalue weighted by Crippen LogP contribution is -2.38. The molecule has 3 aliphatic heterocycles. The summed E-state index contributed by atoms with van der Waals surface area (Å²) >= 11 is 1.43. The SMILES string of the molecule is CCOC(=O)C1=C(c2ccccc2)N=C2SC=C(CC(=O)N3CCCC3)N2C1c1ccc(F)cc1. The molecule has 0 bridgehead atoms. The number of thioether (sulfide) groups is 1. The molecule has 1 fully saturated rings. The molecule has 0 saturated carbocycles. The van der Waals surface area contributed by atoms with Gasteiger partial charge in [0.1, 0.15) is 5.82 Å². The lowest BCUT2D eigenvalue weighted by atomic mass is 9.91. The van der Waals surface area contributed by atoms with Crippen molar-refractivity contribution < 1.29 is 18.7 Å². The van der Waals surface area contributed by atoms with E-state index in [1.54, 1.807) is 19.1 Å². The number of fused-ring (bicyclic) bond motifs is 1. The molecule has 1 saturated heterocycles. The van der Waals surface area contributed by atoms with Crippen molar-refractivity contribution in [2.45, 2.75) is 32.2 Å². The fourth-order valence-corrected chi connectivity index (χ4v) is 5.60. The van der Waals surface area contributed by atoms with E-state index in [2.05, 4.69) is 0 Å². The molecule has 5 rings (SSSR count). The maximum atomic E-state index is 13.9. The molecule has 3 heterocycles. The average Bonchev–Trinajstić information content (AvgIpc) is 3.55. The van der Waals surface area contributed by atoms with Gasteiger partial charge in [0.05, 0.1) is 30.3 Å². The highest BCUT2D eigenvalue weighted by Crippen LogP contribution is 2.47. The summed E-state index contributed by atoms with van der Waals surface area (Å²) in [6, 6.07) is 15.0. The highest BCUT2D eigenvalue weighted by molar-refractivity contribution is 8.16. The first kappa shape index (κ1) is 23.4. The maximum absolute atomic E-state index is 13.9. The number of aliphatic imine (C=N–C) groups is 1. The maximum Gasteiger partial charge on any atom is 0.338 e. The average molecular weight is 492 g/mol. The van der Waals surface area contributed by atoms with Gasteiger partial charge in [0.2, 0.25) is 5.91 Å². The monoisotopic (exact) mass is 491 g/mol. The van der Waals surface area contributed by atoms with Crippen LogP contribution in [0.2, 0.25) is 0 Å². The lowest BCUT2D eigenvalue weighted by molar-refractivity contribution is -0.139. The number of likely N-dealkylation sites (tertiary alicyclic amines) is 1. The molecule has 1 amide bonds. The van der Waals surface area contributed by atoms with Crippen LogP contribution in [-0.4, -0.2) is 46.5 Å². The van der Waals surface area contributed by atoms with Crippen molar-refractivity contribution in [2.24, 2.45) is 4.99 Å². The third kappa shape index (κ3) is 4.62. The first-order chi connectivity index (χ1) is 17.1.